The Morgan fingerprint density at radius 3 is 1.60 bits per heavy atom. The van der Waals surface area contributed by atoms with E-state index in [9.17, 15) is 19.8 Å². The Hall–Kier alpha value is -4.88. The Kier molecular flexibility index (Phi) is 10.5. The van der Waals surface area contributed by atoms with Crippen molar-refractivity contribution in [3.05, 3.63) is 82.4 Å². The number of nitrogens with one attached hydrogen (secondary N) is 2. The number of methoxy groups -OCH3 is 2. The Morgan fingerprint density at radius 2 is 1.19 bits per heavy atom. The Bertz CT molecular complexity index is 2060. The van der Waals surface area contributed by atoms with E-state index < -0.39 is 11.9 Å². The van der Waals surface area contributed by atoms with Crippen LogP contribution >= 0.6 is 0 Å². The van der Waals surface area contributed by atoms with Crippen molar-refractivity contribution in [2.45, 2.75) is 53.3 Å². The largest absolute Gasteiger partial charge is 0.461 e. The highest BCUT2D eigenvalue weighted by molar-refractivity contribution is 6.13. The Balaban J connectivity index is 0.000000185. The van der Waals surface area contributed by atoms with Gasteiger partial charge in [0.05, 0.1) is 62.6 Å². The molecule has 0 unspecified atom stereocenters. The lowest BCUT2D eigenvalue weighted by molar-refractivity contribution is 0.0365. The fourth-order valence-electron chi connectivity index (χ4n) is 5.81. The molecule has 6 rings (SSSR count). The van der Waals surface area contributed by atoms with Crippen molar-refractivity contribution < 1.29 is 38.7 Å². The second-order valence-electron chi connectivity index (χ2n) is 11.0. The highest BCUT2D eigenvalue weighted by Gasteiger charge is 2.23. The normalized spacial score (nSPS) is 11.4. The molecule has 4 N–H and O–H groups in total. The number of rotatable bonds is 10. The molecular weight excluding hydrogens is 604 g/mol. The van der Waals surface area contributed by atoms with Crippen molar-refractivity contribution in [3.63, 3.8) is 0 Å². The average Bonchev–Trinajstić information content (AvgIpc) is 3.64. The maximum Gasteiger partial charge on any atom is 0.357 e. The van der Waals surface area contributed by atoms with Crippen LogP contribution in [0.25, 0.3) is 43.6 Å². The molecule has 12 nitrogen and oxygen atoms in total. The van der Waals surface area contributed by atoms with Gasteiger partial charge in [0.1, 0.15) is 0 Å². The minimum Gasteiger partial charge on any atom is -0.461 e. The fourth-order valence-corrected chi connectivity index (χ4v) is 5.81. The summed E-state index contributed by atoms with van der Waals surface area (Å²) in [5, 5.41) is 22.8. The second-order valence-corrected chi connectivity index (χ2v) is 11.0. The number of carbonyl (C=O) groups is 2. The first-order valence-electron chi connectivity index (χ1n) is 15.2. The minimum atomic E-state index is -0.477. The number of aliphatic hydroxyl groups is 2. The molecule has 47 heavy (non-hydrogen) atoms. The van der Waals surface area contributed by atoms with Gasteiger partial charge >= 0.3 is 11.9 Å². The lowest BCUT2D eigenvalue weighted by Gasteiger charge is -2.12. The van der Waals surface area contributed by atoms with Crippen LogP contribution in [0.1, 0.15) is 64.0 Å². The Labute approximate surface area is 270 Å². The van der Waals surface area contributed by atoms with Gasteiger partial charge in [0, 0.05) is 57.9 Å². The summed E-state index contributed by atoms with van der Waals surface area (Å²) >= 11 is 0. The monoisotopic (exact) mass is 642 g/mol. The molecule has 0 atom stereocenters. The molecule has 12 heteroatoms. The summed E-state index contributed by atoms with van der Waals surface area (Å²) in [6.45, 7) is 5.88. The van der Waals surface area contributed by atoms with Gasteiger partial charge in [-0.05, 0) is 44.0 Å². The smallest absolute Gasteiger partial charge is 0.357 e. The molecule has 0 aliphatic rings. The van der Waals surface area contributed by atoms with E-state index in [2.05, 4.69) is 19.9 Å². The van der Waals surface area contributed by atoms with Crippen LogP contribution in [0.15, 0.2) is 48.8 Å². The SMILES string of the molecule is CCOC(=O)c1ncc2[nH]c3cccc(CO)c3c2c1COC.COCc1c(C(=O)OC(C)C)ncc2[nH]c3cccc(CO)c3c12. The van der Waals surface area contributed by atoms with E-state index in [1.807, 2.05) is 36.4 Å². The summed E-state index contributed by atoms with van der Waals surface area (Å²) in [5.74, 6) is -0.952. The maximum absolute atomic E-state index is 12.4. The number of carbonyl (C=O) groups excluding carboxylic acids is 2. The molecule has 0 aliphatic heterocycles. The van der Waals surface area contributed by atoms with Gasteiger partial charge in [-0.1, -0.05) is 24.3 Å². The standard InChI is InChI=1S/C18H20N2O4.C17H18N2O4/c1-10(2)24-18(22)17-12(9-23-3)16-14(7-19-17)20-13-6-4-5-11(8-21)15(13)16;1-3-23-17(21)16-11(9-22-2)15-13(7-18-16)19-12-6-4-5-10(8-20)14(12)15/h4-7,10,20-21H,8-9H2,1-3H3;4-7,19-20H,3,8-9H2,1-2H3. The van der Waals surface area contributed by atoms with Gasteiger partial charge < -0.3 is 39.1 Å². The summed E-state index contributed by atoms with van der Waals surface area (Å²) in [6, 6.07) is 11.3. The molecule has 4 aromatic heterocycles. The van der Waals surface area contributed by atoms with E-state index in [0.717, 1.165) is 54.7 Å². The van der Waals surface area contributed by atoms with Crippen molar-refractivity contribution in [2.75, 3.05) is 20.8 Å². The van der Waals surface area contributed by atoms with Gasteiger partial charge in [0.2, 0.25) is 0 Å². The number of hydrogen-bond acceptors (Lipinski definition) is 10. The van der Waals surface area contributed by atoms with Crippen LogP contribution in [0.5, 0.6) is 0 Å². The van der Waals surface area contributed by atoms with E-state index in [0.29, 0.717) is 11.1 Å². The van der Waals surface area contributed by atoms with Gasteiger partial charge in [0.25, 0.3) is 0 Å². The highest BCUT2D eigenvalue weighted by Crippen LogP contribution is 2.34. The molecular formula is C35H38N4O8. The fraction of sp³-hybridized carbons (Fsp3) is 0.314. The number of benzene rings is 2. The van der Waals surface area contributed by atoms with Gasteiger partial charge in [-0.3, -0.25) is 0 Å². The van der Waals surface area contributed by atoms with Crippen molar-refractivity contribution in [1.29, 1.82) is 0 Å². The van der Waals surface area contributed by atoms with Crippen LogP contribution in [0.4, 0.5) is 0 Å². The first-order chi connectivity index (χ1) is 22.8. The zero-order valence-electron chi connectivity index (χ0n) is 27.0. The molecule has 0 amide bonds. The summed E-state index contributed by atoms with van der Waals surface area (Å²) in [4.78, 5) is 39.7. The summed E-state index contributed by atoms with van der Waals surface area (Å²) in [6.07, 6.45) is 3.00. The molecule has 4 heterocycles. The lowest BCUT2D eigenvalue weighted by Crippen LogP contribution is -2.15. The van der Waals surface area contributed by atoms with Gasteiger partial charge in [-0.25, -0.2) is 19.6 Å². The number of pyridine rings is 2. The predicted molar refractivity (Wildman–Crippen MR) is 177 cm³/mol. The molecule has 0 saturated heterocycles. The van der Waals surface area contributed by atoms with E-state index >= 15 is 0 Å². The molecule has 0 spiro atoms. The van der Waals surface area contributed by atoms with Crippen LogP contribution < -0.4 is 0 Å². The summed E-state index contributed by atoms with van der Waals surface area (Å²) in [5.41, 5.74) is 6.72. The third-order valence-corrected chi connectivity index (χ3v) is 7.62. The third-order valence-electron chi connectivity index (χ3n) is 7.62. The number of nitrogens with zero attached hydrogens (tertiary/aromatic N) is 2. The molecule has 0 fully saturated rings. The van der Waals surface area contributed by atoms with Crippen LogP contribution in [-0.4, -0.2) is 69.0 Å². The summed E-state index contributed by atoms with van der Waals surface area (Å²) < 4.78 is 21.0. The number of ether oxygens (including phenoxy) is 4. The second kappa shape index (κ2) is 14.7. The van der Waals surface area contributed by atoms with E-state index in [1.165, 1.54) is 0 Å². The molecule has 0 radical (unpaired) electrons. The minimum absolute atomic E-state index is 0.0895. The maximum atomic E-state index is 12.4. The van der Waals surface area contributed by atoms with Crippen molar-refractivity contribution >= 4 is 55.6 Å². The van der Waals surface area contributed by atoms with E-state index in [-0.39, 0.29) is 50.5 Å². The number of H-pyrrole nitrogens is 2. The van der Waals surface area contributed by atoms with Crippen LogP contribution in [0, 0.1) is 0 Å². The van der Waals surface area contributed by atoms with Crippen LogP contribution in [0.2, 0.25) is 0 Å². The third kappa shape index (κ3) is 6.54. The van der Waals surface area contributed by atoms with Crippen molar-refractivity contribution in [3.8, 4) is 0 Å². The highest BCUT2D eigenvalue weighted by atomic mass is 16.5. The molecule has 2 aromatic carbocycles. The quantitative estimate of drug-likeness (QED) is 0.141. The first-order valence-corrected chi connectivity index (χ1v) is 15.2. The molecule has 0 bridgehead atoms. The van der Waals surface area contributed by atoms with Gasteiger partial charge in [-0.15, -0.1) is 0 Å². The van der Waals surface area contributed by atoms with E-state index in [4.69, 9.17) is 18.9 Å². The Morgan fingerprint density at radius 1 is 0.723 bits per heavy atom. The predicted octanol–water partition coefficient (Wildman–Crippen LogP) is 5.45. The van der Waals surface area contributed by atoms with Gasteiger partial charge in [0.15, 0.2) is 11.4 Å². The number of fused-ring (bicyclic) bond motifs is 6. The number of aliphatic hydroxyl groups excluding tert-OH is 2. The molecule has 0 aliphatic carbocycles. The van der Waals surface area contributed by atoms with E-state index in [1.54, 1.807) is 47.4 Å². The molecule has 0 saturated carbocycles. The molecule has 6 aromatic rings. The molecule has 246 valence electrons. The first kappa shape index (κ1) is 33.5. The number of aromatic amines is 2. The zero-order chi connectivity index (χ0) is 33.7. The number of hydrogen-bond donors (Lipinski definition) is 4. The number of aromatic nitrogens is 4. The number of esters is 2. The zero-order valence-corrected chi connectivity index (χ0v) is 27.0. The summed E-state index contributed by atoms with van der Waals surface area (Å²) in [7, 11) is 3.13. The van der Waals surface area contributed by atoms with Crippen molar-refractivity contribution in [2.24, 2.45) is 0 Å². The van der Waals surface area contributed by atoms with Crippen molar-refractivity contribution in [1.82, 2.24) is 19.9 Å². The topological polar surface area (TPSA) is 169 Å². The van der Waals surface area contributed by atoms with Crippen LogP contribution in [0.3, 0.4) is 0 Å². The van der Waals surface area contributed by atoms with Crippen LogP contribution in [-0.2, 0) is 45.4 Å². The lowest BCUT2D eigenvalue weighted by atomic mass is 10.0. The van der Waals surface area contributed by atoms with Gasteiger partial charge in [-0.2, -0.15) is 0 Å². The average molecular weight is 643 g/mol.